The molecular formula is C18H26ClN3O2. The van der Waals surface area contributed by atoms with Gasteiger partial charge in [-0.2, -0.15) is 0 Å². The SMILES string of the molecule is COc1cc(Cl)c(C)cc1NC(=O)CN1CCC(N2CCCC2)C1. The summed E-state index contributed by atoms with van der Waals surface area (Å²) in [6.45, 7) is 6.75. The fourth-order valence-corrected chi connectivity index (χ4v) is 3.84. The van der Waals surface area contributed by atoms with Gasteiger partial charge in [-0.1, -0.05) is 11.6 Å². The Morgan fingerprint density at radius 2 is 2.08 bits per heavy atom. The van der Waals surface area contributed by atoms with E-state index in [1.165, 1.54) is 25.9 Å². The summed E-state index contributed by atoms with van der Waals surface area (Å²) in [6.07, 6.45) is 3.79. The lowest BCUT2D eigenvalue weighted by Gasteiger charge is -2.23. The van der Waals surface area contributed by atoms with Crippen LogP contribution in [0.2, 0.25) is 5.02 Å². The second kappa shape index (κ2) is 7.72. The highest BCUT2D eigenvalue weighted by Crippen LogP contribution is 2.31. The zero-order valence-electron chi connectivity index (χ0n) is 14.5. The van der Waals surface area contributed by atoms with Gasteiger partial charge in [-0.25, -0.2) is 0 Å². The van der Waals surface area contributed by atoms with Crippen LogP contribution in [0.4, 0.5) is 5.69 Å². The fourth-order valence-electron chi connectivity index (χ4n) is 3.68. The minimum atomic E-state index is -0.00269. The Hall–Kier alpha value is -1.30. The molecule has 1 atom stereocenters. The van der Waals surface area contributed by atoms with Crippen LogP contribution in [-0.4, -0.2) is 61.6 Å². The lowest BCUT2D eigenvalue weighted by molar-refractivity contribution is -0.117. The molecule has 24 heavy (non-hydrogen) atoms. The van der Waals surface area contributed by atoms with Gasteiger partial charge in [0.2, 0.25) is 5.91 Å². The first-order chi connectivity index (χ1) is 11.6. The lowest BCUT2D eigenvalue weighted by Crippen LogP contribution is -2.37. The summed E-state index contributed by atoms with van der Waals surface area (Å²) in [5.41, 5.74) is 1.60. The number of amides is 1. The molecule has 1 N–H and O–H groups in total. The molecule has 2 aliphatic rings. The van der Waals surface area contributed by atoms with Crippen molar-refractivity contribution in [2.75, 3.05) is 45.2 Å². The first-order valence-electron chi connectivity index (χ1n) is 8.67. The summed E-state index contributed by atoms with van der Waals surface area (Å²) in [7, 11) is 1.58. The van der Waals surface area contributed by atoms with Crippen molar-refractivity contribution < 1.29 is 9.53 Å². The number of ether oxygens (including phenoxy) is 1. The number of halogens is 1. The number of hydrogen-bond donors (Lipinski definition) is 1. The Balaban J connectivity index is 1.55. The van der Waals surface area contributed by atoms with Gasteiger partial charge in [-0.15, -0.1) is 0 Å². The highest BCUT2D eigenvalue weighted by Gasteiger charge is 2.30. The fraction of sp³-hybridized carbons (Fsp3) is 0.611. The summed E-state index contributed by atoms with van der Waals surface area (Å²) in [5, 5.41) is 3.60. The van der Waals surface area contributed by atoms with E-state index < -0.39 is 0 Å². The summed E-state index contributed by atoms with van der Waals surface area (Å²) in [4.78, 5) is 17.2. The minimum Gasteiger partial charge on any atom is -0.495 e. The number of carbonyl (C=O) groups is 1. The Morgan fingerprint density at radius 1 is 1.33 bits per heavy atom. The van der Waals surface area contributed by atoms with Crippen molar-refractivity contribution in [3.05, 3.63) is 22.7 Å². The van der Waals surface area contributed by atoms with Gasteiger partial charge in [0.15, 0.2) is 0 Å². The smallest absolute Gasteiger partial charge is 0.238 e. The highest BCUT2D eigenvalue weighted by molar-refractivity contribution is 6.31. The molecule has 3 rings (SSSR count). The van der Waals surface area contributed by atoms with Crippen molar-refractivity contribution in [1.82, 2.24) is 9.80 Å². The molecule has 2 aliphatic heterocycles. The molecular weight excluding hydrogens is 326 g/mol. The number of likely N-dealkylation sites (tertiary alicyclic amines) is 2. The number of carbonyl (C=O) groups excluding carboxylic acids is 1. The van der Waals surface area contributed by atoms with Crippen molar-refractivity contribution in [2.45, 2.75) is 32.2 Å². The standard InChI is InChI=1S/C18H26ClN3O2/c1-13-9-16(17(24-2)10-15(13)19)20-18(23)12-21-8-5-14(11-21)22-6-3-4-7-22/h9-10,14H,3-8,11-12H2,1-2H3,(H,20,23). The van der Waals surface area contributed by atoms with Crippen LogP contribution in [0.25, 0.3) is 0 Å². The first-order valence-corrected chi connectivity index (χ1v) is 9.05. The van der Waals surface area contributed by atoms with Crippen LogP contribution in [-0.2, 0) is 4.79 Å². The van der Waals surface area contributed by atoms with Crippen molar-refractivity contribution in [3.63, 3.8) is 0 Å². The van der Waals surface area contributed by atoms with Crippen LogP contribution in [0.3, 0.4) is 0 Å². The average Bonchev–Trinajstić information content (AvgIpc) is 3.21. The Kier molecular flexibility index (Phi) is 5.64. The second-order valence-corrected chi connectivity index (χ2v) is 7.18. The maximum absolute atomic E-state index is 12.4. The molecule has 2 fully saturated rings. The maximum atomic E-state index is 12.4. The van der Waals surface area contributed by atoms with Gasteiger partial charge >= 0.3 is 0 Å². The zero-order chi connectivity index (χ0) is 17.1. The summed E-state index contributed by atoms with van der Waals surface area (Å²) >= 11 is 6.11. The van der Waals surface area contributed by atoms with Crippen LogP contribution in [0.15, 0.2) is 12.1 Å². The normalized spacial score (nSPS) is 22.0. The van der Waals surface area contributed by atoms with Gasteiger partial charge < -0.3 is 10.1 Å². The van der Waals surface area contributed by atoms with Crippen LogP contribution in [0.1, 0.15) is 24.8 Å². The second-order valence-electron chi connectivity index (χ2n) is 6.77. The van der Waals surface area contributed by atoms with Crippen LogP contribution in [0, 0.1) is 6.92 Å². The predicted octanol–water partition coefficient (Wildman–Crippen LogP) is 2.77. The third kappa shape index (κ3) is 4.02. The van der Waals surface area contributed by atoms with E-state index in [1.54, 1.807) is 13.2 Å². The Labute approximate surface area is 148 Å². The van der Waals surface area contributed by atoms with E-state index in [1.807, 2.05) is 13.0 Å². The molecule has 5 nitrogen and oxygen atoms in total. The van der Waals surface area contributed by atoms with Gasteiger partial charge in [-0.3, -0.25) is 14.6 Å². The molecule has 6 heteroatoms. The molecule has 0 saturated carbocycles. The number of nitrogens with one attached hydrogen (secondary N) is 1. The molecule has 1 unspecified atom stereocenters. The molecule has 2 saturated heterocycles. The number of nitrogens with zero attached hydrogens (tertiary/aromatic N) is 2. The van der Waals surface area contributed by atoms with E-state index in [2.05, 4.69) is 15.1 Å². The van der Waals surface area contributed by atoms with Crippen LogP contribution in [0.5, 0.6) is 5.75 Å². The highest BCUT2D eigenvalue weighted by atomic mass is 35.5. The summed E-state index contributed by atoms with van der Waals surface area (Å²) in [6, 6.07) is 4.22. The predicted molar refractivity (Wildman–Crippen MR) is 97.0 cm³/mol. The van der Waals surface area contributed by atoms with Gasteiger partial charge in [0.25, 0.3) is 0 Å². The molecule has 132 valence electrons. The molecule has 1 amide bonds. The van der Waals surface area contributed by atoms with E-state index in [0.717, 1.165) is 25.1 Å². The van der Waals surface area contributed by atoms with Crippen molar-refractivity contribution in [1.29, 1.82) is 0 Å². The third-order valence-electron chi connectivity index (χ3n) is 5.03. The topological polar surface area (TPSA) is 44.8 Å². The average molecular weight is 352 g/mol. The molecule has 1 aromatic carbocycles. The number of hydrogen-bond acceptors (Lipinski definition) is 4. The maximum Gasteiger partial charge on any atom is 0.238 e. The largest absolute Gasteiger partial charge is 0.495 e. The monoisotopic (exact) mass is 351 g/mol. The number of aryl methyl sites for hydroxylation is 1. The van der Waals surface area contributed by atoms with E-state index in [0.29, 0.717) is 29.0 Å². The zero-order valence-corrected chi connectivity index (χ0v) is 15.2. The van der Waals surface area contributed by atoms with Gasteiger partial charge in [0, 0.05) is 30.2 Å². The van der Waals surface area contributed by atoms with Crippen molar-refractivity contribution in [2.24, 2.45) is 0 Å². The number of methoxy groups -OCH3 is 1. The molecule has 0 aromatic heterocycles. The van der Waals surface area contributed by atoms with E-state index in [4.69, 9.17) is 16.3 Å². The van der Waals surface area contributed by atoms with E-state index >= 15 is 0 Å². The van der Waals surface area contributed by atoms with Crippen LogP contribution < -0.4 is 10.1 Å². The molecule has 0 radical (unpaired) electrons. The van der Waals surface area contributed by atoms with Gasteiger partial charge in [-0.05, 0) is 50.9 Å². The molecule has 2 heterocycles. The lowest BCUT2D eigenvalue weighted by atomic mass is 10.2. The minimum absolute atomic E-state index is 0.00269. The van der Waals surface area contributed by atoms with E-state index in [-0.39, 0.29) is 5.91 Å². The third-order valence-corrected chi connectivity index (χ3v) is 5.43. The first kappa shape index (κ1) is 17.5. The van der Waals surface area contributed by atoms with Gasteiger partial charge in [0.05, 0.1) is 19.3 Å². The van der Waals surface area contributed by atoms with Crippen molar-refractivity contribution in [3.8, 4) is 5.75 Å². The molecule has 0 spiro atoms. The summed E-state index contributed by atoms with van der Waals surface area (Å²) < 4.78 is 5.32. The van der Waals surface area contributed by atoms with Crippen LogP contribution >= 0.6 is 11.6 Å². The Morgan fingerprint density at radius 3 is 2.79 bits per heavy atom. The molecule has 1 aromatic rings. The Bertz CT molecular complexity index is 602. The molecule has 0 bridgehead atoms. The quantitative estimate of drug-likeness (QED) is 0.886. The number of benzene rings is 1. The number of rotatable bonds is 5. The van der Waals surface area contributed by atoms with E-state index in [9.17, 15) is 4.79 Å². The number of anilines is 1. The summed E-state index contributed by atoms with van der Waals surface area (Å²) in [5.74, 6) is 0.590. The van der Waals surface area contributed by atoms with Crippen molar-refractivity contribution >= 4 is 23.2 Å². The molecule has 0 aliphatic carbocycles. The van der Waals surface area contributed by atoms with Gasteiger partial charge in [0.1, 0.15) is 5.75 Å².